The van der Waals surface area contributed by atoms with Crippen molar-refractivity contribution in [3.63, 3.8) is 0 Å². The van der Waals surface area contributed by atoms with Crippen molar-refractivity contribution < 1.29 is 18.7 Å². The van der Waals surface area contributed by atoms with Crippen LogP contribution in [0.25, 0.3) is 11.0 Å². The fourth-order valence-corrected chi connectivity index (χ4v) is 2.30. The lowest BCUT2D eigenvalue weighted by Crippen LogP contribution is -2.07. The van der Waals surface area contributed by atoms with Gasteiger partial charge >= 0.3 is 11.6 Å². The SMILES string of the molecule is CC=C(C)C(=O)OCC(C)=CCc1c(OC)ccc2ccc(=O)oc12. The molecular weight excluding hydrogens is 320 g/mol. The molecule has 0 saturated carbocycles. The first-order valence-electron chi connectivity index (χ1n) is 8.01. The van der Waals surface area contributed by atoms with Gasteiger partial charge in [-0.2, -0.15) is 0 Å². The van der Waals surface area contributed by atoms with Crippen LogP contribution in [0.5, 0.6) is 5.75 Å². The molecule has 0 aliphatic heterocycles. The molecule has 0 atom stereocenters. The number of esters is 1. The van der Waals surface area contributed by atoms with Gasteiger partial charge in [0.2, 0.25) is 0 Å². The summed E-state index contributed by atoms with van der Waals surface area (Å²) in [6.07, 6.45) is 4.15. The number of ether oxygens (including phenoxy) is 2. The molecule has 0 fully saturated rings. The lowest BCUT2D eigenvalue weighted by Gasteiger charge is -2.10. The molecule has 0 aliphatic rings. The molecule has 5 nitrogen and oxygen atoms in total. The van der Waals surface area contributed by atoms with Crippen molar-refractivity contribution in [2.75, 3.05) is 13.7 Å². The number of allylic oxidation sites excluding steroid dienone is 2. The number of benzene rings is 1. The number of fused-ring (bicyclic) bond motifs is 1. The van der Waals surface area contributed by atoms with Crippen molar-refractivity contribution in [2.45, 2.75) is 27.2 Å². The highest BCUT2D eigenvalue weighted by Crippen LogP contribution is 2.28. The second kappa shape index (κ2) is 8.33. The Bertz CT molecular complexity index is 887. The summed E-state index contributed by atoms with van der Waals surface area (Å²) in [5.74, 6) is 0.316. The average Bonchev–Trinajstić information content (AvgIpc) is 2.63. The molecule has 25 heavy (non-hydrogen) atoms. The van der Waals surface area contributed by atoms with Gasteiger partial charge in [-0.25, -0.2) is 9.59 Å². The van der Waals surface area contributed by atoms with Crippen LogP contribution in [-0.4, -0.2) is 19.7 Å². The standard InChI is InChI=1S/C20H22O5/c1-5-14(3)20(22)24-12-13(2)6-9-16-17(23-4)10-7-15-8-11-18(21)25-19(15)16/h5-8,10-11H,9,12H2,1-4H3. The summed E-state index contributed by atoms with van der Waals surface area (Å²) >= 11 is 0. The van der Waals surface area contributed by atoms with E-state index < -0.39 is 5.63 Å². The fourth-order valence-electron chi connectivity index (χ4n) is 2.30. The minimum Gasteiger partial charge on any atom is -0.496 e. The summed E-state index contributed by atoms with van der Waals surface area (Å²) < 4.78 is 16.0. The molecule has 0 amide bonds. The second-order valence-corrected chi connectivity index (χ2v) is 5.72. The molecule has 1 aromatic carbocycles. The molecule has 0 saturated heterocycles. The van der Waals surface area contributed by atoms with E-state index in [0.717, 1.165) is 16.5 Å². The van der Waals surface area contributed by atoms with Gasteiger partial charge in [0.25, 0.3) is 0 Å². The summed E-state index contributed by atoms with van der Waals surface area (Å²) in [6.45, 7) is 5.59. The minimum absolute atomic E-state index is 0.209. The van der Waals surface area contributed by atoms with Gasteiger partial charge in [-0.3, -0.25) is 0 Å². The maximum absolute atomic E-state index is 11.7. The Kier molecular flexibility index (Phi) is 6.17. The molecule has 5 heteroatoms. The first-order chi connectivity index (χ1) is 12.0. The van der Waals surface area contributed by atoms with Gasteiger partial charge < -0.3 is 13.9 Å². The summed E-state index contributed by atoms with van der Waals surface area (Å²) in [7, 11) is 1.57. The van der Waals surface area contributed by atoms with Gasteiger partial charge in [-0.1, -0.05) is 12.2 Å². The third-order valence-corrected chi connectivity index (χ3v) is 3.91. The summed E-state index contributed by atoms with van der Waals surface area (Å²) in [6, 6.07) is 6.81. The number of methoxy groups -OCH3 is 1. The third-order valence-electron chi connectivity index (χ3n) is 3.91. The van der Waals surface area contributed by atoms with Crippen LogP contribution in [-0.2, 0) is 16.0 Å². The number of carbonyl (C=O) groups is 1. The van der Waals surface area contributed by atoms with E-state index >= 15 is 0 Å². The van der Waals surface area contributed by atoms with Gasteiger partial charge in [-0.15, -0.1) is 0 Å². The normalized spacial score (nSPS) is 12.3. The van der Waals surface area contributed by atoms with Crippen molar-refractivity contribution in [3.8, 4) is 5.75 Å². The van der Waals surface area contributed by atoms with Crippen LogP contribution in [0.1, 0.15) is 26.3 Å². The van der Waals surface area contributed by atoms with E-state index in [1.165, 1.54) is 6.07 Å². The smallest absolute Gasteiger partial charge is 0.336 e. The predicted molar refractivity (Wildman–Crippen MR) is 96.9 cm³/mol. The van der Waals surface area contributed by atoms with E-state index in [9.17, 15) is 9.59 Å². The number of hydrogen-bond donors (Lipinski definition) is 0. The van der Waals surface area contributed by atoms with Crippen molar-refractivity contribution in [2.24, 2.45) is 0 Å². The lowest BCUT2D eigenvalue weighted by molar-refractivity contribution is -0.138. The van der Waals surface area contributed by atoms with E-state index in [1.54, 1.807) is 33.1 Å². The fraction of sp³-hybridized carbons (Fsp3) is 0.300. The Morgan fingerprint density at radius 3 is 2.60 bits per heavy atom. The Labute approximate surface area is 146 Å². The third kappa shape index (κ3) is 4.59. The van der Waals surface area contributed by atoms with Crippen LogP contribution in [0.2, 0.25) is 0 Å². The Morgan fingerprint density at radius 2 is 1.92 bits per heavy atom. The van der Waals surface area contributed by atoms with Crippen molar-refractivity contribution in [1.29, 1.82) is 0 Å². The highest BCUT2D eigenvalue weighted by Gasteiger charge is 2.11. The van der Waals surface area contributed by atoms with E-state index in [4.69, 9.17) is 13.9 Å². The highest BCUT2D eigenvalue weighted by atomic mass is 16.5. The van der Waals surface area contributed by atoms with Crippen LogP contribution < -0.4 is 10.4 Å². The van der Waals surface area contributed by atoms with E-state index in [0.29, 0.717) is 23.3 Å². The maximum atomic E-state index is 11.7. The molecule has 2 rings (SSSR count). The summed E-state index contributed by atoms with van der Waals surface area (Å²) in [5.41, 5.74) is 2.36. The van der Waals surface area contributed by atoms with Crippen molar-refractivity contribution in [1.82, 2.24) is 0 Å². The number of carbonyl (C=O) groups excluding carboxylic acids is 1. The van der Waals surface area contributed by atoms with Gasteiger partial charge in [0.15, 0.2) is 0 Å². The first-order valence-corrected chi connectivity index (χ1v) is 8.01. The molecule has 0 aliphatic carbocycles. The van der Waals surface area contributed by atoms with Crippen molar-refractivity contribution >= 4 is 16.9 Å². The molecule has 1 heterocycles. The molecule has 0 radical (unpaired) electrons. The molecule has 0 bridgehead atoms. The van der Waals surface area contributed by atoms with Crippen LogP contribution in [0.3, 0.4) is 0 Å². The Hall–Kier alpha value is -2.82. The van der Waals surface area contributed by atoms with Gasteiger partial charge in [0.1, 0.15) is 17.9 Å². The second-order valence-electron chi connectivity index (χ2n) is 5.72. The molecule has 2 aromatic rings. The molecule has 0 spiro atoms. The number of rotatable bonds is 6. The van der Waals surface area contributed by atoms with Gasteiger partial charge in [0.05, 0.1) is 7.11 Å². The topological polar surface area (TPSA) is 65.7 Å². The quantitative estimate of drug-likeness (QED) is 0.346. The minimum atomic E-state index is -0.404. The first kappa shape index (κ1) is 18.5. The monoisotopic (exact) mass is 342 g/mol. The van der Waals surface area contributed by atoms with E-state index in [2.05, 4.69) is 0 Å². The van der Waals surface area contributed by atoms with Crippen LogP contribution in [0.15, 0.2) is 56.8 Å². The highest BCUT2D eigenvalue weighted by molar-refractivity contribution is 5.87. The molecule has 0 N–H and O–H groups in total. The largest absolute Gasteiger partial charge is 0.496 e. The zero-order chi connectivity index (χ0) is 18.4. The van der Waals surface area contributed by atoms with Crippen LogP contribution in [0.4, 0.5) is 0 Å². The van der Waals surface area contributed by atoms with E-state index in [-0.39, 0.29) is 12.6 Å². The zero-order valence-electron chi connectivity index (χ0n) is 14.9. The van der Waals surface area contributed by atoms with Crippen LogP contribution in [0, 0.1) is 0 Å². The number of hydrogen-bond acceptors (Lipinski definition) is 5. The lowest BCUT2D eigenvalue weighted by atomic mass is 10.1. The summed E-state index contributed by atoms with van der Waals surface area (Å²) in [4.78, 5) is 23.2. The van der Waals surface area contributed by atoms with Gasteiger partial charge in [-0.05, 0) is 51.0 Å². The average molecular weight is 342 g/mol. The van der Waals surface area contributed by atoms with Gasteiger partial charge in [0, 0.05) is 22.6 Å². The molecule has 0 unspecified atom stereocenters. The predicted octanol–water partition coefficient (Wildman–Crippen LogP) is 3.80. The Balaban J connectivity index is 2.23. The van der Waals surface area contributed by atoms with Crippen LogP contribution >= 0.6 is 0 Å². The summed E-state index contributed by atoms with van der Waals surface area (Å²) in [5, 5.41) is 0.830. The Morgan fingerprint density at radius 1 is 1.20 bits per heavy atom. The molecule has 132 valence electrons. The van der Waals surface area contributed by atoms with Crippen molar-refractivity contribution in [3.05, 3.63) is 63.5 Å². The maximum Gasteiger partial charge on any atom is 0.336 e. The molecular formula is C20H22O5. The molecule has 1 aromatic heterocycles. The van der Waals surface area contributed by atoms with E-state index in [1.807, 2.05) is 25.1 Å². The zero-order valence-corrected chi connectivity index (χ0v) is 14.9.